The number of methoxy groups -OCH3 is 1. The van der Waals surface area contributed by atoms with Gasteiger partial charge in [0.05, 0.1) is 13.4 Å². The number of aryl methyl sites for hydroxylation is 1. The number of nitrogens with one attached hydrogen (secondary N) is 1. The molecule has 6 heteroatoms. The predicted octanol–water partition coefficient (Wildman–Crippen LogP) is 2.26. The van der Waals surface area contributed by atoms with E-state index >= 15 is 0 Å². The van der Waals surface area contributed by atoms with Gasteiger partial charge < -0.3 is 19.4 Å². The molecule has 2 rings (SSSR count). The van der Waals surface area contributed by atoms with Crippen LogP contribution in [0.25, 0.3) is 0 Å². The van der Waals surface area contributed by atoms with Crippen molar-refractivity contribution in [1.29, 1.82) is 0 Å². The molecule has 124 valence electrons. The molecule has 6 nitrogen and oxygen atoms in total. The third-order valence-electron chi connectivity index (χ3n) is 3.45. The lowest BCUT2D eigenvalue weighted by atomic mass is 10.2. The fourth-order valence-corrected chi connectivity index (χ4v) is 2.20. The van der Waals surface area contributed by atoms with Gasteiger partial charge in [-0.05, 0) is 25.0 Å². The zero-order valence-corrected chi connectivity index (χ0v) is 13.6. The lowest BCUT2D eigenvalue weighted by Crippen LogP contribution is -2.38. The van der Waals surface area contributed by atoms with E-state index in [2.05, 4.69) is 10.3 Å². The molecule has 0 bridgehead atoms. The van der Waals surface area contributed by atoms with Crippen LogP contribution in [-0.2, 0) is 11.3 Å². The molecule has 0 spiro atoms. The number of para-hydroxylation sites is 2. The lowest BCUT2D eigenvalue weighted by molar-refractivity contribution is -0.128. The average Bonchev–Trinajstić information content (AvgIpc) is 3.10. The Hall–Kier alpha value is -2.50. The topological polar surface area (TPSA) is 65.4 Å². The lowest BCUT2D eigenvalue weighted by Gasteiger charge is -2.18. The summed E-state index contributed by atoms with van der Waals surface area (Å²) in [5, 5.41) is 2.92. The number of rotatable bonds is 9. The van der Waals surface area contributed by atoms with Gasteiger partial charge in [0.25, 0.3) is 5.91 Å². The summed E-state index contributed by atoms with van der Waals surface area (Å²) in [6, 6.07) is 7.33. The van der Waals surface area contributed by atoms with Crippen LogP contribution in [0.1, 0.15) is 19.8 Å². The number of amides is 1. The molecule has 23 heavy (non-hydrogen) atoms. The summed E-state index contributed by atoms with van der Waals surface area (Å²) in [5.41, 5.74) is 0. The van der Waals surface area contributed by atoms with Gasteiger partial charge in [-0.15, -0.1) is 0 Å². The van der Waals surface area contributed by atoms with Crippen LogP contribution in [0.15, 0.2) is 43.0 Å². The van der Waals surface area contributed by atoms with Crippen molar-refractivity contribution in [3.8, 4) is 11.5 Å². The fourth-order valence-electron chi connectivity index (χ4n) is 2.20. The number of hydrogen-bond acceptors (Lipinski definition) is 4. The van der Waals surface area contributed by atoms with E-state index in [1.54, 1.807) is 25.7 Å². The van der Waals surface area contributed by atoms with Crippen molar-refractivity contribution in [2.24, 2.45) is 0 Å². The van der Waals surface area contributed by atoms with Crippen molar-refractivity contribution in [2.75, 3.05) is 13.7 Å². The molecule has 0 saturated carbocycles. The van der Waals surface area contributed by atoms with Crippen LogP contribution in [-0.4, -0.2) is 35.2 Å². The largest absolute Gasteiger partial charge is 0.493 e. The van der Waals surface area contributed by atoms with E-state index in [9.17, 15) is 4.79 Å². The highest BCUT2D eigenvalue weighted by molar-refractivity contribution is 5.81. The number of imidazole rings is 1. The van der Waals surface area contributed by atoms with Crippen LogP contribution in [0.4, 0.5) is 0 Å². The summed E-state index contributed by atoms with van der Waals surface area (Å²) in [6.45, 7) is 3.35. The van der Waals surface area contributed by atoms with E-state index in [4.69, 9.17) is 9.47 Å². The van der Waals surface area contributed by atoms with Crippen molar-refractivity contribution < 1.29 is 14.3 Å². The minimum absolute atomic E-state index is 0.107. The number of carbonyl (C=O) groups excluding carboxylic acids is 1. The van der Waals surface area contributed by atoms with Gasteiger partial charge in [0.15, 0.2) is 17.6 Å². The first kappa shape index (κ1) is 16.9. The molecular weight excluding hydrogens is 294 g/mol. The van der Waals surface area contributed by atoms with E-state index in [-0.39, 0.29) is 5.91 Å². The highest BCUT2D eigenvalue weighted by Crippen LogP contribution is 2.27. The minimum Gasteiger partial charge on any atom is -0.493 e. The first-order valence-electron chi connectivity index (χ1n) is 7.77. The highest BCUT2D eigenvalue weighted by Gasteiger charge is 2.19. The number of nitrogens with zero attached hydrogens (tertiary/aromatic N) is 2. The van der Waals surface area contributed by atoms with E-state index < -0.39 is 6.10 Å². The SMILES string of the molecule is CC[C@@H](Oc1ccccc1OC)C(=O)NCCCn1ccnc1. The summed E-state index contributed by atoms with van der Waals surface area (Å²) >= 11 is 0. The number of hydrogen-bond donors (Lipinski definition) is 1. The molecule has 1 amide bonds. The summed E-state index contributed by atoms with van der Waals surface area (Å²) in [5.74, 6) is 1.10. The van der Waals surface area contributed by atoms with Crippen LogP contribution in [0.5, 0.6) is 11.5 Å². The Labute approximate surface area is 136 Å². The molecule has 0 saturated heterocycles. The Morgan fingerprint density at radius 3 is 2.78 bits per heavy atom. The molecule has 1 N–H and O–H groups in total. The van der Waals surface area contributed by atoms with Crippen molar-refractivity contribution in [3.63, 3.8) is 0 Å². The second-order valence-electron chi connectivity index (χ2n) is 5.11. The smallest absolute Gasteiger partial charge is 0.261 e. The summed E-state index contributed by atoms with van der Waals surface area (Å²) < 4.78 is 13.0. The van der Waals surface area contributed by atoms with Crippen molar-refractivity contribution in [1.82, 2.24) is 14.9 Å². The molecule has 1 atom stereocenters. The van der Waals surface area contributed by atoms with E-state index in [1.807, 2.05) is 35.9 Å². The van der Waals surface area contributed by atoms with Crippen LogP contribution in [0.2, 0.25) is 0 Å². The zero-order valence-electron chi connectivity index (χ0n) is 13.6. The molecule has 1 aromatic carbocycles. The molecular formula is C17H23N3O3. The molecule has 0 aliphatic carbocycles. The number of carbonyl (C=O) groups is 1. The van der Waals surface area contributed by atoms with Gasteiger partial charge in [-0.25, -0.2) is 4.98 Å². The zero-order chi connectivity index (χ0) is 16.5. The Balaban J connectivity index is 1.81. The number of ether oxygens (including phenoxy) is 2. The van der Waals surface area contributed by atoms with Crippen LogP contribution in [0, 0.1) is 0 Å². The number of aromatic nitrogens is 2. The maximum Gasteiger partial charge on any atom is 0.261 e. The molecule has 0 aliphatic heterocycles. The quantitative estimate of drug-likeness (QED) is 0.721. The predicted molar refractivity (Wildman–Crippen MR) is 87.6 cm³/mol. The van der Waals surface area contributed by atoms with Gasteiger partial charge >= 0.3 is 0 Å². The Bertz CT molecular complexity index is 599. The second kappa shape index (κ2) is 8.82. The minimum atomic E-state index is -0.528. The molecule has 0 aliphatic rings. The van der Waals surface area contributed by atoms with E-state index in [0.29, 0.717) is 24.5 Å². The molecule has 0 radical (unpaired) electrons. The first-order chi connectivity index (χ1) is 11.2. The first-order valence-corrected chi connectivity index (χ1v) is 7.77. The number of benzene rings is 1. The van der Waals surface area contributed by atoms with Gasteiger partial charge in [-0.2, -0.15) is 0 Å². The molecule has 1 heterocycles. The summed E-state index contributed by atoms with van der Waals surface area (Å²) in [6.07, 6.45) is 6.31. The third kappa shape index (κ3) is 5.02. The van der Waals surface area contributed by atoms with Crippen molar-refractivity contribution >= 4 is 5.91 Å². The van der Waals surface area contributed by atoms with E-state index in [0.717, 1.165) is 13.0 Å². The van der Waals surface area contributed by atoms with Crippen molar-refractivity contribution in [2.45, 2.75) is 32.4 Å². The van der Waals surface area contributed by atoms with Gasteiger partial charge in [-0.1, -0.05) is 19.1 Å². The monoisotopic (exact) mass is 317 g/mol. The van der Waals surface area contributed by atoms with Crippen LogP contribution >= 0.6 is 0 Å². The Morgan fingerprint density at radius 1 is 1.35 bits per heavy atom. The van der Waals surface area contributed by atoms with E-state index in [1.165, 1.54) is 0 Å². The molecule has 1 aromatic heterocycles. The summed E-state index contributed by atoms with van der Waals surface area (Å²) in [7, 11) is 1.58. The molecule has 2 aromatic rings. The van der Waals surface area contributed by atoms with Crippen molar-refractivity contribution in [3.05, 3.63) is 43.0 Å². The van der Waals surface area contributed by atoms with Crippen LogP contribution in [0.3, 0.4) is 0 Å². The molecule has 0 unspecified atom stereocenters. The second-order valence-corrected chi connectivity index (χ2v) is 5.11. The van der Waals surface area contributed by atoms with Gasteiger partial charge in [-0.3, -0.25) is 4.79 Å². The standard InChI is InChI=1S/C17H23N3O3/c1-3-14(23-16-8-5-4-7-15(16)22-2)17(21)19-9-6-11-20-12-10-18-13-20/h4-5,7-8,10,12-14H,3,6,9,11H2,1-2H3,(H,19,21)/t14-/m1/s1. The van der Waals surface area contributed by atoms with Gasteiger partial charge in [0, 0.05) is 25.5 Å². The Morgan fingerprint density at radius 2 is 2.13 bits per heavy atom. The molecule has 0 fully saturated rings. The highest BCUT2D eigenvalue weighted by atomic mass is 16.5. The fraction of sp³-hybridized carbons (Fsp3) is 0.412. The average molecular weight is 317 g/mol. The summed E-state index contributed by atoms with van der Waals surface area (Å²) in [4.78, 5) is 16.2. The maximum atomic E-state index is 12.2. The normalized spacial score (nSPS) is 11.7. The Kier molecular flexibility index (Phi) is 6.47. The third-order valence-corrected chi connectivity index (χ3v) is 3.45. The van der Waals surface area contributed by atoms with Crippen LogP contribution < -0.4 is 14.8 Å². The maximum absolute atomic E-state index is 12.2. The van der Waals surface area contributed by atoms with Gasteiger partial charge in [0.1, 0.15) is 0 Å². The van der Waals surface area contributed by atoms with Gasteiger partial charge in [0.2, 0.25) is 0 Å².